The standard InChI is InChI=1S/C59H104O6/c1-4-7-10-13-16-19-22-25-28-29-30-31-32-35-37-40-43-46-49-52-58(61)64-55-56(65-59(62)53-50-47-44-41-38-34-27-24-21-18-15-12-9-6-3)54-63-57(60)51-48-45-42-39-36-33-26-23-20-17-14-11-8-5-2/h8-9,11-12,17-18,20-21,29-30,56H,4-7,10,13-16,19,22-28,31-55H2,1-3H3/b11-8-,12-9-,20-17-,21-18-,30-29-. The summed E-state index contributed by atoms with van der Waals surface area (Å²) in [4.78, 5) is 38.1. The Kier molecular flexibility index (Phi) is 51.3. The molecule has 0 aliphatic carbocycles. The molecule has 0 aliphatic rings. The zero-order chi connectivity index (χ0) is 47.2. The fraction of sp³-hybridized carbons (Fsp3) is 0.780. The predicted octanol–water partition coefficient (Wildman–Crippen LogP) is 18.4. The highest BCUT2D eigenvalue weighted by molar-refractivity contribution is 5.71. The zero-order valence-corrected chi connectivity index (χ0v) is 43.0. The SMILES string of the molecule is CC/C=C\C/C=C\CCCCCCCCCC(=O)OCC(COC(=O)CCCCCCCCC/C=C\CCCCCCCCCC)OC(=O)CCCCCCCCC/C=C\C/C=C\CC. The Morgan fingerprint density at radius 1 is 0.323 bits per heavy atom. The Hall–Kier alpha value is -2.89. The highest BCUT2D eigenvalue weighted by Gasteiger charge is 2.19. The van der Waals surface area contributed by atoms with E-state index in [1.807, 2.05) is 0 Å². The van der Waals surface area contributed by atoms with Crippen molar-refractivity contribution < 1.29 is 28.6 Å². The highest BCUT2D eigenvalue weighted by atomic mass is 16.6. The number of ether oxygens (including phenoxy) is 3. The molecule has 0 saturated carbocycles. The van der Waals surface area contributed by atoms with Gasteiger partial charge in [-0.3, -0.25) is 14.4 Å². The molecule has 65 heavy (non-hydrogen) atoms. The number of hydrogen-bond donors (Lipinski definition) is 0. The van der Waals surface area contributed by atoms with Gasteiger partial charge in [0.15, 0.2) is 6.10 Å². The molecule has 0 N–H and O–H groups in total. The molecule has 0 fully saturated rings. The van der Waals surface area contributed by atoms with Crippen LogP contribution in [0.4, 0.5) is 0 Å². The van der Waals surface area contributed by atoms with Crippen molar-refractivity contribution >= 4 is 17.9 Å². The molecule has 0 aliphatic heterocycles. The number of carbonyl (C=O) groups excluding carboxylic acids is 3. The van der Waals surface area contributed by atoms with Gasteiger partial charge < -0.3 is 14.2 Å². The number of allylic oxidation sites excluding steroid dienone is 10. The average Bonchev–Trinajstić information content (AvgIpc) is 3.30. The number of carbonyl (C=O) groups is 3. The molecular weight excluding hydrogens is 805 g/mol. The van der Waals surface area contributed by atoms with Crippen LogP contribution >= 0.6 is 0 Å². The van der Waals surface area contributed by atoms with Gasteiger partial charge in [0.1, 0.15) is 13.2 Å². The summed E-state index contributed by atoms with van der Waals surface area (Å²) in [6.07, 6.45) is 66.4. The molecule has 0 saturated heterocycles. The van der Waals surface area contributed by atoms with Crippen molar-refractivity contribution in [2.24, 2.45) is 0 Å². The lowest BCUT2D eigenvalue weighted by atomic mass is 10.1. The van der Waals surface area contributed by atoms with E-state index in [9.17, 15) is 14.4 Å². The molecule has 0 rings (SSSR count). The lowest BCUT2D eigenvalue weighted by Crippen LogP contribution is -2.30. The summed E-state index contributed by atoms with van der Waals surface area (Å²) in [6.45, 7) is 6.43. The summed E-state index contributed by atoms with van der Waals surface area (Å²) >= 11 is 0. The summed E-state index contributed by atoms with van der Waals surface area (Å²) in [5, 5.41) is 0. The molecule has 0 aromatic carbocycles. The average molecular weight is 909 g/mol. The number of esters is 3. The highest BCUT2D eigenvalue weighted by Crippen LogP contribution is 2.15. The smallest absolute Gasteiger partial charge is 0.306 e. The third-order valence-corrected chi connectivity index (χ3v) is 12.0. The molecule has 0 aromatic rings. The molecule has 6 nitrogen and oxygen atoms in total. The predicted molar refractivity (Wildman–Crippen MR) is 279 cm³/mol. The van der Waals surface area contributed by atoms with E-state index in [4.69, 9.17) is 14.2 Å². The minimum Gasteiger partial charge on any atom is -0.462 e. The quantitative estimate of drug-likeness (QED) is 0.0262. The molecule has 0 aromatic heterocycles. The van der Waals surface area contributed by atoms with Crippen LogP contribution in [0.2, 0.25) is 0 Å². The van der Waals surface area contributed by atoms with Gasteiger partial charge in [0.2, 0.25) is 0 Å². The van der Waals surface area contributed by atoms with Crippen LogP contribution in [-0.2, 0) is 28.6 Å². The third kappa shape index (κ3) is 51.9. The Morgan fingerprint density at radius 2 is 0.600 bits per heavy atom. The molecular formula is C59H104O6. The van der Waals surface area contributed by atoms with Gasteiger partial charge in [-0.2, -0.15) is 0 Å². The van der Waals surface area contributed by atoms with Crippen LogP contribution in [0, 0.1) is 0 Å². The van der Waals surface area contributed by atoms with E-state index in [0.717, 1.165) is 96.3 Å². The Balaban J connectivity index is 4.35. The summed E-state index contributed by atoms with van der Waals surface area (Å²) < 4.78 is 16.8. The Labute approximate surface area is 402 Å². The fourth-order valence-corrected chi connectivity index (χ4v) is 7.87. The molecule has 1 atom stereocenters. The second-order valence-corrected chi connectivity index (χ2v) is 18.4. The molecule has 0 radical (unpaired) electrons. The van der Waals surface area contributed by atoms with Crippen LogP contribution in [0.3, 0.4) is 0 Å². The number of rotatable bonds is 50. The van der Waals surface area contributed by atoms with Crippen molar-refractivity contribution in [3.05, 3.63) is 60.8 Å². The van der Waals surface area contributed by atoms with Crippen LogP contribution < -0.4 is 0 Å². The van der Waals surface area contributed by atoms with Gasteiger partial charge in [-0.1, -0.05) is 223 Å². The molecule has 376 valence electrons. The maximum atomic E-state index is 12.8. The molecule has 0 bridgehead atoms. The van der Waals surface area contributed by atoms with Crippen LogP contribution in [0.1, 0.15) is 278 Å². The number of hydrogen-bond acceptors (Lipinski definition) is 6. The molecule has 0 amide bonds. The van der Waals surface area contributed by atoms with Gasteiger partial charge in [0, 0.05) is 19.3 Å². The van der Waals surface area contributed by atoms with E-state index in [1.165, 1.54) is 141 Å². The van der Waals surface area contributed by atoms with Gasteiger partial charge in [0.05, 0.1) is 0 Å². The zero-order valence-electron chi connectivity index (χ0n) is 43.0. The minimum atomic E-state index is -0.783. The van der Waals surface area contributed by atoms with E-state index >= 15 is 0 Å². The normalized spacial score (nSPS) is 12.5. The summed E-state index contributed by atoms with van der Waals surface area (Å²) in [5.41, 5.74) is 0. The van der Waals surface area contributed by atoms with Crippen molar-refractivity contribution in [3.63, 3.8) is 0 Å². The van der Waals surface area contributed by atoms with E-state index in [0.29, 0.717) is 19.3 Å². The van der Waals surface area contributed by atoms with Crippen molar-refractivity contribution in [1.82, 2.24) is 0 Å². The first-order valence-corrected chi connectivity index (χ1v) is 27.8. The van der Waals surface area contributed by atoms with Gasteiger partial charge in [-0.05, 0) is 96.3 Å². The van der Waals surface area contributed by atoms with Crippen LogP contribution in [-0.4, -0.2) is 37.2 Å². The van der Waals surface area contributed by atoms with E-state index in [1.54, 1.807) is 0 Å². The Bertz CT molecular complexity index is 1180. The molecule has 0 heterocycles. The van der Waals surface area contributed by atoms with Crippen molar-refractivity contribution in [1.29, 1.82) is 0 Å². The fourth-order valence-electron chi connectivity index (χ4n) is 7.87. The molecule has 6 heteroatoms. The summed E-state index contributed by atoms with van der Waals surface area (Å²) in [6, 6.07) is 0. The topological polar surface area (TPSA) is 78.9 Å². The van der Waals surface area contributed by atoms with Gasteiger partial charge >= 0.3 is 17.9 Å². The van der Waals surface area contributed by atoms with Crippen molar-refractivity contribution in [2.45, 2.75) is 284 Å². The van der Waals surface area contributed by atoms with Crippen LogP contribution in [0.25, 0.3) is 0 Å². The summed E-state index contributed by atoms with van der Waals surface area (Å²) in [7, 11) is 0. The lowest BCUT2D eigenvalue weighted by molar-refractivity contribution is -0.167. The maximum Gasteiger partial charge on any atom is 0.306 e. The maximum absolute atomic E-state index is 12.8. The molecule has 1 unspecified atom stereocenters. The van der Waals surface area contributed by atoms with E-state index in [2.05, 4.69) is 81.5 Å². The van der Waals surface area contributed by atoms with E-state index in [-0.39, 0.29) is 31.1 Å². The first kappa shape index (κ1) is 62.1. The first-order chi connectivity index (χ1) is 32.0. The van der Waals surface area contributed by atoms with Crippen molar-refractivity contribution in [2.75, 3.05) is 13.2 Å². The second kappa shape index (κ2) is 53.7. The minimum absolute atomic E-state index is 0.0816. The van der Waals surface area contributed by atoms with Crippen LogP contribution in [0.5, 0.6) is 0 Å². The largest absolute Gasteiger partial charge is 0.462 e. The van der Waals surface area contributed by atoms with E-state index < -0.39 is 6.10 Å². The van der Waals surface area contributed by atoms with Crippen LogP contribution in [0.15, 0.2) is 60.8 Å². The van der Waals surface area contributed by atoms with Gasteiger partial charge in [-0.15, -0.1) is 0 Å². The molecule has 0 spiro atoms. The van der Waals surface area contributed by atoms with Crippen molar-refractivity contribution in [3.8, 4) is 0 Å². The monoisotopic (exact) mass is 909 g/mol. The second-order valence-electron chi connectivity index (χ2n) is 18.4. The Morgan fingerprint density at radius 3 is 0.938 bits per heavy atom. The van der Waals surface area contributed by atoms with Gasteiger partial charge in [-0.25, -0.2) is 0 Å². The number of unbranched alkanes of at least 4 members (excludes halogenated alkanes) is 29. The first-order valence-electron chi connectivity index (χ1n) is 27.8. The summed E-state index contributed by atoms with van der Waals surface area (Å²) in [5.74, 6) is -0.895. The third-order valence-electron chi connectivity index (χ3n) is 12.0. The lowest BCUT2D eigenvalue weighted by Gasteiger charge is -2.18. The van der Waals surface area contributed by atoms with Gasteiger partial charge in [0.25, 0.3) is 0 Å².